The van der Waals surface area contributed by atoms with Crippen LogP contribution in [0.1, 0.15) is 36.1 Å². The van der Waals surface area contributed by atoms with Gasteiger partial charge < -0.3 is 9.15 Å². The Kier molecular flexibility index (Phi) is 3.74. The molecule has 0 spiro atoms. The number of benzene rings is 1. The summed E-state index contributed by atoms with van der Waals surface area (Å²) >= 11 is 0. The smallest absolute Gasteiger partial charge is 0.367 e. The van der Waals surface area contributed by atoms with Gasteiger partial charge in [-0.05, 0) is 0 Å². The topological polar surface area (TPSA) is 81.0 Å². The van der Waals surface area contributed by atoms with E-state index >= 15 is 0 Å². The third-order valence-corrected chi connectivity index (χ3v) is 3.04. The van der Waals surface area contributed by atoms with Crippen LogP contribution in [-0.2, 0) is 0 Å². The number of oxazole rings is 1. The molecule has 0 fully saturated rings. The van der Waals surface area contributed by atoms with E-state index in [1.807, 2.05) is 44.2 Å². The average Bonchev–Trinajstić information content (AvgIpc) is 3.17. The quantitative estimate of drug-likeness (QED) is 0.746. The number of aromatic amines is 1. The molecule has 0 aliphatic rings. The van der Waals surface area contributed by atoms with Crippen LogP contribution >= 0.6 is 0 Å². The molecule has 3 aromatic rings. The molecule has 0 aliphatic carbocycles. The van der Waals surface area contributed by atoms with Gasteiger partial charge in [0.15, 0.2) is 17.3 Å². The summed E-state index contributed by atoms with van der Waals surface area (Å²) in [6.07, 6.45) is 1.57. The number of H-pyrrole nitrogens is 1. The highest BCUT2D eigenvalue weighted by molar-refractivity contribution is 5.94. The Morgan fingerprint density at radius 1 is 1.23 bits per heavy atom. The van der Waals surface area contributed by atoms with Crippen molar-refractivity contribution in [3.8, 4) is 17.2 Å². The van der Waals surface area contributed by atoms with Gasteiger partial charge in [0.1, 0.15) is 0 Å². The van der Waals surface area contributed by atoms with Crippen LogP contribution in [0.5, 0.6) is 5.88 Å². The molecule has 2 heterocycles. The summed E-state index contributed by atoms with van der Waals surface area (Å²) in [7, 11) is 0. The molecule has 2 aromatic heterocycles. The van der Waals surface area contributed by atoms with Crippen LogP contribution < -0.4 is 4.74 Å². The molecule has 112 valence electrons. The second kappa shape index (κ2) is 5.85. The molecule has 6 nitrogen and oxygen atoms in total. The highest BCUT2D eigenvalue weighted by Gasteiger charge is 2.24. The molecule has 22 heavy (non-hydrogen) atoms. The van der Waals surface area contributed by atoms with Gasteiger partial charge in [-0.1, -0.05) is 44.2 Å². The fourth-order valence-electron chi connectivity index (χ4n) is 1.95. The van der Waals surface area contributed by atoms with Crippen molar-refractivity contribution in [2.75, 3.05) is 0 Å². The molecule has 0 bridgehead atoms. The standard InChI is InChI=1S/C16H15N3O3/c1-10(2)15-18-13(16(20)21-12-8-9-17-19-12)14(22-15)11-6-4-3-5-7-11/h3-10H,1-2H3,(H,17,19). The van der Waals surface area contributed by atoms with Crippen LogP contribution in [0.25, 0.3) is 11.3 Å². The molecule has 0 unspecified atom stereocenters. The van der Waals surface area contributed by atoms with Crippen LogP contribution in [0.2, 0.25) is 0 Å². The Bertz CT molecular complexity index is 761. The molecule has 0 radical (unpaired) electrons. The maximum Gasteiger partial charge on any atom is 0.367 e. The van der Waals surface area contributed by atoms with Crippen LogP contribution in [-0.4, -0.2) is 21.2 Å². The third kappa shape index (κ3) is 2.76. The zero-order valence-electron chi connectivity index (χ0n) is 12.2. The number of carbonyl (C=O) groups is 1. The normalized spacial score (nSPS) is 10.9. The second-order valence-electron chi connectivity index (χ2n) is 5.05. The van der Waals surface area contributed by atoms with Crippen molar-refractivity contribution in [2.24, 2.45) is 0 Å². The van der Waals surface area contributed by atoms with E-state index < -0.39 is 5.97 Å². The van der Waals surface area contributed by atoms with Gasteiger partial charge in [-0.15, -0.1) is 5.10 Å². The number of hydrogen-bond donors (Lipinski definition) is 1. The molecule has 0 saturated heterocycles. The van der Waals surface area contributed by atoms with Gasteiger partial charge in [-0.25, -0.2) is 9.78 Å². The van der Waals surface area contributed by atoms with Gasteiger partial charge in [0.05, 0.1) is 0 Å². The first-order valence-corrected chi connectivity index (χ1v) is 6.93. The zero-order valence-corrected chi connectivity index (χ0v) is 12.2. The minimum Gasteiger partial charge on any atom is -0.439 e. The summed E-state index contributed by atoms with van der Waals surface area (Å²) in [6.45, 7) is 3.90. The predicted octanol–water partition coefficient (Wildman–Crippen LogP) is 3.41. The molecule has 3 rings (SSSR count). The molecule has 1 N–H and O–H groups in total. The summed E-state index contributed by atoms with van der Waals surface area (Å²) in [4.78, 5) is 16.6. The van der Waals surface area contributed by atoms with Gasteiger partial charge in [0.25, 0.3) is 0 Å². The Hall–Kier alpha value is -2.89. The van der Waals surface area contributed by atoms with E-state index in [0.29, 0.717) is 11.7 Å². The largest absolute Gasteiger partial charge is 0.439 e. The fraction of sp³-hybridized carbons (Fsp3) is 0.188. The molecule has 1 aromatic carbocycles. The Balaban J connectivity index is 2.00. The van der Waals surface area contributed by atoms with Crippen LogP contribution in [0.15, 0.2) is 47.0 Å². The SMILES string of the molecule is CC(C)c1nc(C(=O)Oc2cc[nH]n2)c(-c2ccccc2)o1. The molecule has 6 heteroatoms. The first-order chi connectivity index (χ1) is 10.6. The summed E-state index contributed by atoms with van der Waals surface area (Å²) < 4.78 is 11.0. The predicted molar refractivity (Wildman–Crippen MR) is 79.6 cm³/mol. The van der Waals surface area contributed by atoms with E-state index in [2.05, 4.69) is 15.2 Å². The molecular weight excluding hydrogens is 282 g/mol. The zero-order chi connectivity index (χ0) is 15.5. The number of nitrogens with zero attached hydrogens (tertiary/aromatic N) is 2. The number of rotatable bonds is 4. The number of esters is 1. The minimum atomic E-state index is -0.596. The van der Waals surface area contributed by atoms with Crippen LogP contribution in [0.3, 0.4) is 0 Å². The maximum atomic E-state index is 12.3. The van der Waals surface area contributed by atoms with Gasteiger partial charge >= 0.3 is 5.97 Å². The molecular formula is C16H15N3O3. The third-order valence-electron chi connectivity index (χ3n) is 3.04. The lowest BCUT2D eigenvalue weighted by atomic mass is 10.1. The maximum absolute atomic E-state index is 12.3. The Labute approximate surface area is 127 Å². The van der Waals surface area contributed by atoms with Gasteiger partial charge in [0, 0.05) is 23.7 Å². The molecule has 0 saturated carbocycles. The Morgan fingerprint density at radius 2 is 2.00 bits per heavy atom. The lowest BCUT2D eigenvalue weighted by Gasteiger charge is -2.00. The summed E-state index contributed by atoms with van der Waals surface area (Å²) in [5.41, 5.74) is 0.925. The molecule has 0 aliphatic heterocycles. The average molecular weight is 297 g/mol. The molecule has 0 atom stereocenters. The number of ether oxygens (including phenoxy) is 1. The van der Waals surface area contributed by atoms with E-state index in [-0.39, 0.29) is 17.5 Å². The molecule has 0 amide bonds. The van der Waals surface area contributed by atoms with E-state index in [1.54, 1.807) is 12.3 Å². The van der Waals surface area contributed by atoms with Crippen molar-refractivity contribution in [2.45, 2.75) is 19.8 Å². The van der Waals surface area contributed by atoms with Crippen LogP contribution in [0, 0.1) is 0 Å². The van der Waals surface area contributed by atoms with Gasteiger partial charge in [-0.3, -0.25) is 5.10 Å². The van der Waals surface area contributed by atoms with Crippen molar-refractivity contribution < 1.29 is 13.9 Å². The summed E-state index contributed by atoms with van der Waals surface area (Å²) in [5, 5.41) is 6.38. The lowest BCUT2D eigenvalue weighted by Crippen LogP contribution is -2.10. The van der Waals surface area contributed by atoms with Gasteiger partial charge in [0.2, 0.25) is 5.88 Å². The number of nitrogens with one attached hydrogen (secondary N) is 1. The summed E-state index contributed by atoms with van der Waals surface area (Å²) in [6, 6.07) is 10.9. The first kappa shape index (κ1) is 14.1. The number of aromatic nitrogens is 3. The van der Waals surface area contributed by atoms with Crippen molar-refractivity contribution in [3.63, 3.8) is 0 Å². The number of carbonyl (C=O) groups excluding carboxylic acids is 1. The number of hydrogen-bond acceptors (Lipinski definition) is 5. The minimum absolute atomic E-state index is 0.0643. The monoisotopic (exact) mass is 297 g/mol. The highest BCUT2D eigenvalue weighted by atomic mass is 16.5. The fourth-order valence-corrected chi connectivity index (χ4v) is 1.95. The lowest BCUT2D eigenvalue weighted by molar-refractivity contribution is 0.0722. The van der Waals surface area contributed by atoms with Crippen molar-refractivity contribution >= 4 is 5.97 Å². The van der Waals surface area contributed by atoms with E-state index in [1.165, 1.54) is 0 Å². The summed E-state index contributed by atoms with van der Waals surface area (Å²) in [5.74, 6) is 0.562. The van der Waals surface area contributed by atoms with Gasteiger partial charge in [-0.2, -0.15) is 0 Å². The highest BCUT2D eigenvalue weighted by Crippen LogP contribution is 2.28. The van der Waals surface area contributed by atoms with Crippen molar-refractivity contribution in [1.29, 1.82) is 0 Å². The first-order valence-electron chi connectivity index (χ1n) is 6.93. The second-order valence-corrected chi connectivity index (χ2v) is 5.05. The van der Waals surface area contributed by atoms with E-state index in [9.17, 15) is 4.79 Å². The van der Waals surface area contributed by atoms with E-state index in [4.69, 9.17) is 9.15 Å². The van der Waals surface area contributed by atoms with Crippen molar-refractivity contribution in [1.82, 2.24) is 15.2 Å². The van der Waals surface area contributed by atoms with E-state index in [0.717, 1.165) is 5.56 Å². The van der Waals surface area contributed by atoms with Crippen molar-refractivity contribution in [3.05, 3.63) is 54.2 Å². The Morgan fingerprint density at radius 3 is 2.64 bits per heavy atom. The van der Waals surface area contributed by atoms with Crippen LogP contribution in [0.4, 0.5) is 0 Å².